The van der Waals surface area contributed by atoms with Crippen LogP contribution in [0.3, 0.4) is 0 Å². The van der Waals surface area contributed by atoms with Crippen molar-refractivity contribution in [1.29, 1.82) is 0 Å². The molecule has 0 fully saturated rings. The van der Waals surface area contributed by atoms with Gasteiger partial charge < -0.3 is 15.0 Å². The van der Waals surface area contributed by atoms with Crippen LogP contribution in [-0.4, -0.2) is 50.4 Å². The number of hydrogen-bond acceptors (Lipinski definition) is 5. The van der Waals surface area contributed by atoms with Crippen LogP contribution in [0, 0.1) is 0 Å². The minimum absolute atomic E-state index is 0.0350. The van der Waals surface area contributed by atoms with E-state index in [-0.39, 0.29) is 35.5 Å². The molecule has 0 spiro atoms. The molecule has 0 aromatic heterocycles. The molecule has 4 rings (SSSR count). The van der Waals surface area contributed by atoms with E-state index in [0.29, 0.717) is 29.4 Å². The predicted octanol–water partition coefficient (Wildman–Crippen LogP) is 6.49. The molecule has 0 bridgehead atoms. The Labute approximate surface area is 277 Å². The van der Waals surface area contributed by atoms with Crippen LogP contribution >= 0.6 is 11.6 Å². The summed E-state index contributed by atoms with van der Waals surface area (Å²) in [5, 5.41) is 3.52. The Morgan fingerprint density at radius 3 is 2.09 bits per heavy atom. The first-order valence-electron chi connectivity index (χ1n) is 15.3. The lowest BCUT2D eigenvalue weighted by molar-refractivity contribution is -0.140. The molecule has 242 valence electrons. The third-order valence-corrected chi connectivity index (χ3v) is 9.58. The van der Waals surface area contributed by atoms with Gasteiger partial charge in [-0.05, 0) is 79.9 Å². The van der Waals surface area contributed by atoms with Crippen LogP contribution in [0.5, 0.6) is 5.75 Å². The van der Waals surface area contributed by atoms with Gasteiger partial charge in [0.25, 0.3) is 10.0 Å². The number of nitrogens with one attached hydrogen (secondary N) is 1. The highest BCUT2D eigenvalue weighted by atomic mass is 35.5. The van der Waals surface area contributed by atoms with Crippen molar-refractivity contribution >= 4 is 39.1 Å². The summed E-state index contributed by atoms with van der Waals surface area (Å²) in [6.45, 7) is 5.66. The number of carbonyl (C=O) groups is 2. The minimum atomic E-state index is -4.19. The Morgan fingerprint density at radius 1 is 0.848 bits per heavy atom. The summed E-state index contributed by atoms with van der Waals surface area (Å²) in [7, 11) is -4.19. The molecule has 0 aliphatic rings. The van der Waals surface area contributed by atoms with Crippen LogP contribution < -0.4 is 14.4 Å². The topological polar surface area (TPSA) is 96.0 Å². The van der Waals surface area contributed by atoms with Gasteiger partial charge in [-0.25, -0.2) is 8.42 Å². The van der Waals surface area contributed by atoms with Gasteiger partial charge in [0.1, 0.15) is 18.3 Å². The lowest BCUT2D eigenvalue weighted by atomic mass is 10.0. The van der Waals surface area contributed by atoms with Crippen LogP contribution in [0.2, 0.25) is 5.02 Å². The van der Waals surface area contributed by atoms with Crippen LogP contribution in [0.1, 0.15) is 38.3 Å². The number of hydrogen-bond donors (Lipinski definition) is 1. The lowest BCUT2D eigenvalue weighted by Gasteiger charge is -2.34. The van der Waals surface area contributed by atoms with Crippen LogP contribution in [0.15, 0.2) is 114 Å². The molecule has 1 N–H and O–H groups in total. The largest absolute Gasteiger partial charge is 0.494 e. The van der Waals surface area contributed by atoms with Crippen molar-refractivity contribution in [2.24, 2.45) is 0 Å². The normalized spacial score (nSPS) is 12.5. The highest BCUT2D eigenvalue weighted by Crippen LogP contribution is 2.27. The van der Waals surface area contributed by atoms with Gasteiger partial charge in [-0.1, -0.05) is 79.2 Å². The first-order valence-corrected chi connectivity index (χ1v) is 17.1. The first kappa shape index (κ1) is 34.5. The number of anilines is 1. The number of ether oxygens (including phenoxy) is 1. The van der Waals surface area contributed by atoms with Gasteiger partial charge >= 0.3 is 0 Å². The monoisotopic (exact) mass is 661 g/mol. The number of halogens is 1. The second-order valence-electron chi connectivity index (χ2n) is 10.9. The molecule has 0 aliphatic carbocycles. The molecule has 10 heteroatoms. The van der Waals surface area contributed by atoms with E-state index < -0.39 is 28.5 Å². The summed E-state index contributed by atoms with van der Waals surface area (Å²) in [5.41, 5.74) is 1.84. The fourth-order valence-corrected chi connectivity index (χ4v) is 6.60. The summed E-state index contributed by atoms with van der Waals surface area (Å²) < 4.78 is 34.9. The molecule has 0 aliphatic heterocycles. The molecule has 0 radical (unpaired) electrons. The number of amides is 2. The fourth-order valence-electron chi connectivity index (χ4n) is 4.95. The fraction of sp³-hybridized carbons (Fsp3) is 0.278. The average Bonchev–Trinajstić information content (AvgIpc) is 3.06. The maximum Gasteiger partial charge on any atom is 0.264 e. The minimum Gasteiger partial charge on any atom is -0.494 e. The summed E-state index contributed by atoms with van der Waals surface area (Å²) in [6.07, 6.45) is 0.927. The van der Waals surface area contributed by atoms with Gasteiger partial charge in [-0.15, -0.1) is 0 Å². The van der Waals surface area contributed by atoms with Gasteiger partial charge in [-0.3, -0.25) is 13.9 Å². The van der Waals surface area contributed by atoms with E-state index in [1.807, 2.05) is 57.2 Å². The summed E-state index contributed by atoms with van der Waals surface area (Å²) in [4.78, 5) is 29.9. The van der Waals surface area contributed by atoms with Gasteiger partial charge in [0.2, 0.25) is 11.8 Å². The Balaban J connectivity index is 1.80. The Bertz CT molecular complexity index is 1690. The number of carbonyl (C=O) groups excluding carboxylic acids is 2. The van der Waals surface area contributed by atoms with Crippen molar-refractivity contribution < 1.29 is 22.7 Å². The number of rotatable bonds is 15. The van der Waals surface area contributed by atoms with Gasteiger partial charge in [0.15, 0.2) is 0 Å². The molecule has 46 heavy (non-hydrogen) atoms. The molecule has 2 atom stereocenters. The molecular weight excluding hydrogens is 622 g/mol. The summed E-state index contributed by atoms with van der Waals surface area (Å²) in [6, 6.07) is 29.9. The highest BCUT2D eigenvalue weighted by Gasteiger charge is 2.35. The molecule has 0 heterocycles. The standard InChI is InChI=1S/C36H40ClN3O5S/c1-4-27(3)38-36(42)34(24-28-13-8-6-9-14-28)39(25-29-15-12-16-30(37)23-29)35(41)26-40(31-19-21-32(22-20-31)45-5-2)46(43,44)33-17-10-7-11-18-33/h6-23,27,34H,4-5,24-26H2,1-3H3,(H,38,42). The third-order valence-electron chi connectivity index (χ3n) is 7.56. The van der Waals surface area contributed by atoms with E-state index in [2.05, 4.69) is 5.32 Å². The molecular formula is C36H40ClN3O5S. The Morgan fingerprint density at radius 2 is 1.48 bits per heavy atom. The summed E-state index contributed by atoms with van der Waals surface area (Å²) >= 11 is 6.31. The molecule has 4 aromatic rings. The molecule has 2 unspecified atom stereocenters. The zero-order valence-corrected chi connectivity index (χ0v) is 27.9. The van der Waals surface area contributed by atoms with E-state index in [1.54, 1.807) is 60.7 Å². The molecule has 4 aromatic carbocycles. The quantitative estimate of drug-likeness (QED) is 0.157. The SMILES string of the molecule is CCOc1ccc(N(CC(=O)N(Cc2cccc(Cl)c2)C(Cc2ccccc2)C(=O)NC(C)CC)S(=O)(=O)c2ccccc2)cc1. The summed E-state index contributed by atoms with van der Waals surface area (Å²) in [5.74, 6) is -0.303. The van der Waals surface area contributed by atoms with Crippen molar-refractivity contribution in [3.05, 3.63) is 125 Å². The van der Waals surface area contributed by atoms with Crippen molar-refractivity contribution in [3.8, 4) is 5.75 Å². The van der Waals surface area contributed by atoms with E-state index in [1.165, 1.54) is 17.0 Å². The number of nitrogens with zero attached hydrogens (tertiary/aromatic N) is 2. The van der Waals surface area contributed by atoms with E-state index in [0.717, 1.165) is 9.87 Å². The van der Waals surface area contributed by atoms with Crippen molar-refractivity contribution in [1.82, 2.24) is 10.2 Å². The zero-order valence-electron chi connectivity index (χ0n) is 26.3. The Hall–Kier alpha value is -4.34. The second-order valence-corrected chi connectivity index (χ2v) is 13.2. The van der Waals surface area contributed by atoms with Gasteiger partial charge in [-0.2, -0.15) is 0 Å². The average molecular weight is 662 g/mol. The smallest absolute Gasteiger partial charge is 0.264 e. The molecule has 2 amide bonds. The van der Waals surface area contributed by atoms with Crippen LogP contribution in [-0.2, 0) is 32.6 Å². The lowest BCUT2D eigenvalue weighted by Crippen LogP contribution is -2.54. The van der Waals surface area contributed by atoms with E-state index >= 15 is 0 Å². The highest BCUT2D eigenvalue weighted by molar-refractivity contribution is 7.92. The second kappa shape index (κ2) is 16.3. The third kappa shape index (κ3) is 9.11. The Kier molecular flexibility index (Phi) is 12.2. The van der Waals surface area contributed by atoms with Crippen molar-refractivity contribution in [3.63, 3.8) is 0 Å². The first-order chi connectivity index (χ1) is 22.1. The van der Waals surface area contributed by atoms with Gasteiger partial charge in [0, 0.05) is 24.0 Å². The number of benzene rings is 4. The number of sulfonamides is 1. The van der Waals surface area contributed by atoms with E-state index in [4.69, 9.17) is 16.3 Å². The van der Waals surface area contributed by atoms with Gasteiger partial charge in [0.05, 0.1) is 17.2 Å². The van der Waals surface area contributed by atoms with Crippen LogP contribution in [0.4, 0.5) is 5.69 Å². The predicted molar refractivity (Wildman–Crippen MR) is 182 cm³/mol. The van der Waals surface area contributed by atoms with E-state index in [9.17, 15) is 18.0 Å². The zero-order chi connectivity index (χ0) is 33.1. The van der Waals surface area contributed by atoms with Crippen molar-refractivity contribution in [2.45, 2.75) is 57.1 Å². The molecule has 8 nitrogen and oxygen atoms in total. The molecule has 0 saturated heterocycles. The maximum absolute atomic E-state index is 14.5. The molecule has 0 saturated carbocycles. The van der Waals surface area contributed by atoms with Crippen molar-refractivity contribution in [2.75, 3.05) is 17.5 Å². The van der Waals surface area contributed by atoms with Crippen LogP contribution in [0.25, 0.3) is 0 Å². The maximum atomic E-state index is 14.5.